The van der Waals surface area contributed by atoms with Crippen LogP contribution < -0.4 is 5.73 Å². The van der Waals surface area contributed by atoms with Gasteiger partial charge in [-0.1, -0.05) is 0 Å². The number of carbonyl (C=O) groups excluding carboxylic acids is 1. The zero-order valence-electron chi connectivity index (χ0n) is 9.74. The largest absolute Gasteiger partial charge is 0.458 e. The molecule has 2 aliphatic carbocycles. The van der Waals surface area contributed by atoms with Gasteiger partial charge in [0.15, 0.2) is 0 Å². The minimum Gasteiger partial charge on any atom is -0.458 e. The van der Waals surface area contributed by atoms with Gasteiger partial charge in [-0.25, -0.2) is 9.78 Å². The number of nitrogens with one attached hydrogen (secondary N) is 1. The Morgan fingerprint density at radius 3 is 2.76 bits per heavy atom. The molecule has 2 saturated carbocycles. The fraction of sp³-hybridized carbons (Fsp3) is 0.667. The number of imidazole rings is 1. The summed E-state index contributed by atoms with van der Waals surface area (Å²) in [6.45, 7) is 0. The van der Waals surface area contributed by atoms with E-state index in [0.717, 1.165) is 38.5 Å². The lowest BCUT2D eigenvalue weighted by molar-refractivity contribution is 0.00839. The summed E-state index contributed by atoms with van der Waals surface area (Å²) in [6.07, 6.45) is 7.72. The average molecular weight is 235 g/mol. The van der Waals surface area contributed by atoms with Crippen molar-refractivity contribution in [3.8, 4) is 0 Å². The minimum absolute atomic E-state index is 0.102. The second kappa shape index (κ2) is 3.84. The maximum atomic E-state index is 11.8. The summed E-state index contributed by atoms with van der Waals surface area (Å²) in [5.41, 5.74) is 6.20. The zero-order valence-corrected chi connectivity index (χ0v) is 9.74. The maximum Gasteiger partial charge on any atom is 0.356 e. The van der Waals surface area contributed by atoms with Crippen LogP contribution in [0.2, 0.25) is 0 Å². The first-order chi connectivity index (χ1) is 8.17. The van der Waals surface area contributed by atoms with Crippen LogP contribution >= 0.6 is 0 Å². The van der Waals surface area contributed by atoms with E-state index in [-0.39, 0.29) is 17.6 Å². The zero-order chi connectivity index (χ0) is 11.9. The van der Waals surface area contributed by atoms with E-state index in [1.807, 2.05) is 0 Å². The van der Waals surface area contributed by atoms with Gasteiger partial charge in [0.25, 0.3) is 0 Å². The molecule has 0 aliphatic heterocycles. The number of esters is 1. The Hall–Kier alpha value is -1.36. The molecule has 0 saturated heterocycles. The third-order valence-electron chi connectivity index (χ3n) is 3.84. The second-order valence-electron chi connectivity index (χ2n) is 5.11. The van der Waals surface area contributed by atoms with Crippen molar-refractivity contribution in [3.63, 3.8) is 0 Å². The molecule has 0 aromatic carbocycles. The van der Waals surface area contributed by atoms with Gasteiger partial charge in [-0.05, 0) is 38.5 Å². The molecule has 5 heteroatoms. The SMILES string of the molecule is NC1(c2ncc(C(=O)OC3CCC3)[nH]2)CCC1. The Balaban J connectivity index is 1.68. The standard InChI is InChI=1S/C12H17N3O2/c13-12(5-2-6-12)11-14-7-9(15-11)10(16)17-8-3-1-4-8/h7-8H,1-6,13H2,(H,14,15). The smallest absolute Gasteiger partial charge is 0.356 e. The van der Waals surface area contributed by atoms with Crippen LogP contribution in [0.4, 0.5) is 0 Å². The molecule has 2 aliphatic rings. The van der Waals surface area contributed by atoms with Gasteiger partial charge in [0, 0.05) is 0 Å². The topological polar surface area (TPSA) is 81.0 Å². The van der Waals surface area contributed by atoms with Crippen LogP contribution in [0.5, 0.6) is 0 Å². The normalized spacial score (nSPS) is 22.6. The molecule has 1 aromatic heterocycles. The summed E-state index contributed by atoms with van der Waals surface area (Å²) in [7, 11) is 0. The Morgan fingerprint density at radius 2 is 2.24 bits per heavy atom. The molecule has 0 spiro atoms. The fourth-order valence-corrected chi connectivity index (χ4v) is 2.18. The first kappa shape index (κ1) is 10.8. The van der Waals surface area contributed by atoms with Gasteiger partial charge in [0.2, 0.25) is 0 Å². The van der Waals surface area contributed by atoms with E-state index in [1.165, 1.54) is 6.20 Å². The highest BCUT2D eigenvalue weighted by Gasteiger charge is 2.37. The number of aromatic amines is 1. The molecule has 17 heavy (non-hydrogen) atoms. The number of ether oxygens (including phenoxy) is 1. The predicted octanol–water partition coefficient (Wildman–Crippen LogP) is 1.46. The molecular formula is C12H17N3O2. The molecule has 0 atom stereocenters. The number of rotatable bonds is 3. The number of H-pyrrole nitrogens is 1. The first-order valence-corrected chi connectivity index (χ1v) is 6.23. The number of hydrogen-bond donors (Lipinski definition) is 2. The molecule has 1 heterocycles. The van der Waals surface area contributed by atoms with Gasteiger partial charge < -0.3 is 15.5 Å². The molecule has 3 N–H and O–H groups in total. The van der Waals surface area contributed by atoms with Crippen LogP contribution in [-0.2, 0) is 10.3 Å². The number of hydrogen-bond acceptors (Lipinski definition) is 4. The van der Waals surface area contributed by atoms with E-state index in [1.54, 1.807) is 0 Å². The van der Waals surface area contributed by atoms with E-state index in [0.29, 0.717) is 11.5 Å². The van der Waals surface area contributed by atoms with Crippen molar-refractivity contribution in [1.82, 2.24) is 9.97 Å². The highest BCUT2D eigenvalue weighted by Crippen LogP contribution is 2.36. The summed E-state index contributed by atoms with van der Waals surface area (Å²) in [5.74, 6) is 0.403. The molecule has 0 amide bonds. The van der Waals surface area contributed by atoms with E-state index in [2.05, 4.69) is 9.97 Å². The van der Waals surface area contributed by atoms with E-state index in [9.17, 15) is 4.79 Å². The van der Waals surface area contributed by atoms with Gasteiger partial charge in [-0.15, -0.1) is 0 Å². The monoisotopic (exact) mass is 235 g/mol. The minimum atomic E-state index is -0.352. The molecule has 2 fully saturated rings. The van der Waals surface area contributed by atoms with Crippen molar-refractivity contribution in [2.24, 2.45) is 5.73 Å². The molecule has 3 rings (SSSR count). The highest BCUT2D eigenvalue weighted by molar-refractivity contribution is 5.87. The van der Waals surface area contributed by atoms with Crippen LogP contribution in [0, 0.1) is 0 Å². The molecule has 5 nitrogen and oxygen atoms in total. The lowest BCUT2D eigenvalue weighted by Gasteiger charge is -2.35. The van der Waals surface area contributed by atoms with E-state index in [4.69, 9.17) is 10.5 Å². The first-order valence-electron chi connectivity index (χ1n) is 6.23. The molecule has 0 bridgehead atoms. The average Bonchev–Trinajstić information content (AvgIpc) is 2.69. The number of nitrogens with zero attached hydrogens (tertiary/aromatic N) is 1. The molecule has 1 aromatic rings. The summed E-state index contributed by atoms with van der Waals surface area (Å²) in [4.78, 5) is 19.0. The lowest BCUT2D eigenvalue weighted by atomic mass is 9.77. The Kier molecular flexibility index (Phi) is 2.43. The summed E-state index contributed by atoms with van der Waals surface area (Å²) >= 11 is 0. The van der Waals surface area contributed by atoms with E-state index < -0.39 is 0 Å². The van der Waals surface area contributed by atoms with Crippen molar-refractivity contribution < 1.29 is 9.53 Å². The van der Waals surface area contributed by atoms with Crippen LogP contribution in [0.15, 0.2) is 6.20 Å². The predicted molar refractivity (Wildman–Crippen MR) is 61.4 cm³/mol. The lowest BCUT2D eigenvalue weighted by Crippen LogP contribution is -2.44. The second-order valence-corrected chi connectivity index (χ2v) is 5.11. The van der Waals surface area contributed by atoms with Crippen LogP contribution in [-0.4, -0.2) is 22.0 Å². The van der Waals surface area contributed by atoms with Crippen LogP contribution in [0.1, 0.15) is 54.8 Å². The van der Waals surface area contributed by atoms with Crippen molar-refractivity contribution in [2.45, 2.75) is 50.2 Å². The van der Waals surface area contributed by atoms with Gasteiger partial charge in [0.1, 0.15) is 17.6 Å². The van der Waals surface area contributed by atoms with Crippen molar-refractivity contribution >= 4 is 5.97 Å². The Bertz CT molecular complexity index is 433. The highest BCUT2D eigenvalue weighted by atomic mass is 16.5. The van der Waals surface area contributed by atoms with Crippen molar-refractivity contribution in [3.05, 3.63) is 17.7 Å². The molecule has 0 unspecified atom stereocenters. The summed E-state index contributed by atoms with van der Waals surface area (Å²) in [6, 6.07) is 0. The number of nitrogens with two attached hydrogens (primary N) is 1. The molecular weight excluding hydrogens is 218 g/mol. The van der Waals surface area contributed by atoms with Gasteiger partial charge in [0.05, 0.1) is 11.7 Å². The third kappa shape index (κ3) is 1.84. The van der Waals surface area contributed by atoms with Crippen LogP contribution in [0.25, 0.3) is 0 Å². The Morgan fingerprint density at radius 1 is 1.47 bits per heavy atom. The quantitative estimate of drug-likeness (QED) is 0.777. The molecule has 92 valence electrons. The number of aromatic nitrogens is 2. The van der Waals surface area contributed by atoms with Gasteiger partial charge >= 0.3 is 5.97 Å². The Labute approximate surface area is 99.7 Å². The van der Waals surface area contributed by atoms with Gasteiger partial charge in [-0.2, -0.15) is 0 Å². The maximum absolute atomic E-state index is 11.8. The fourth-order valence-electron chi connectivity index (χ4n) is 2.18. The molecule has 0 radical (unpaired) electrons. The third-order valence-corrected chi connectivity index (χ3v) is 3.84. The van der Waals surface area contributed by atoms with Crippen LogP contribution in [0.3, 0.4) is 0 Å². The van der Waals surface area contributed by atoms with Crippen molar-refractivity contribution in [1.29, 1.82) is 0 Å². The summed E-state index contributed by atoms with van der Waals surface area (Å²) < 4.78 is 5.30. The van der Waals surface area contributed by atoms with Gasteiger partial charge in [-0.3, -0.25) is 0 Å². The van der Waals surface area contributed by atoms with Crippen molar-refractivity contribution in [2.75, 3.05) is 0 Å². The number of carbonyl (C=O) groups is 1. The van der Waals surface area contributed by atoms with E-state index >= 15 is 0 Å². The summed E-state index contributed by atoms with van der Waals surface area (Å²) in [5, 5.41) is 0.